The molecule has 1 aliphatic heterocycles. The van der Waals surface area contributed by atoms with Gasteiger partial charge in [0.2, 0.25) is 0 Å². The average molecular weight is 537 g/mol. The van der Waals surface area contributed by atoms with Crippen LogP contribution in [0.2, 0.25) is 0 Å². The molecule has 0 bridgehead atoms. The van der Waals surface area contributed by atoms with Crippen molar-refractivity contribution in [2.24, 2.45) is 10.9 Å². The van der Waals surface area contributed by atoms with Gasteiger partial charge in [-0.15, -0.1) is 12.4 Å². The second-order valence-electron chi connectivity index (χ2n) is 9.21. The quantitative estimate of drug-likeness (QED) is 0.162. The normalized spacial score (nSPS) is 14.3. The monoisotopic (exact) mass is 536 g/mol. The highest BCUT2D eigenvalue weighted by Gasteiger charge is 2.16. The Balaban J connectivity index is 0.00000400. The minimum absolute atomic E-state index is 0. The molecule has 0 radical (unpaired) electrons. The zero-order valence-electron chi connectivity index (χ0n) is 21.5. The van der Waals surface area contributed by atoms with Gasteiger partial charge < -0.3 is 31.4 Å². The summed E-state index contributed by atoms with van der Waals surface area (Å²) in [5.74, 6) is -0.747. The smallest absolute Gasteiger partial charge is 0.255 e. The van der Waals surface area contributed by atoms with Gasteiger partial charge in [0, 0.05) is 42.0 Å². The van der Waals surface area contributed by atoms with Gasteiger partial charge in [-0.2, -0.15) is 0 Å². The molecule has 1 fully saturated rings. The SMILES string of the molecule is Cc1ccc(NC(=O)c2cccc(/C(N)=N/O)c2)c(NC(=O)c2ccc(N3CCCN(C)CC3)cc2)c1.Cl. The number of halogens is 1. The molecule has 1 aliphatic rings. The maximum Gasteiger partial charge on any atom is 0.255 e. The largest absolute Gasteiger partial charge is 0.409 e. The number of nitrogens with one attached hydrogen (secondary N) is 2. The zero-order valence-corrected chi connectivity index (χ0v) is 22.3. The topological polar surface area (TPSA) is 123 Å². The summed E-state index contributed by atoms with van der Waals surface area (Å²) in [4.78, 5) is 30.7. The lowest BCUT2D eigenvalue weighted by molar-refractivity contribution is 0.101. The van der Waals surface area contributed by atoms with Gasteiger partial charge in [-0.25, -0.2) is 0 Å². The van der Waals surface area contributed by atoms with Crippen LogP contribution in [0, 0.1) is 6.92 Å². The van der Waals surface area contributed by atoms with E-state index in [1.807, 2.05) is 43.3 Å². The molecular formula is C28H33ClN6O3. The Labute approximate surface area is 228 Å². The number of rotatable bonds is 6. The van der Waals surface area contributed by atoms with Crippen molar-refractivity contribution in [3.05, 3.63) is 89.0 Å². The number of amidine groups is 1. The number of aryl methyl sites for hydroxylation is 1. The summed E-state index contributed by atoms with van der Waals surface area (Å²) < 4.78 is 0. The Morgan fingerprint density at radius 2 is 1.53 bits per heavy atom. The Hall–Kier alpha value is -4.08. The Kier molecular flexibility index (Phi) is 9.70. The Morgan fingerprint density at radius 3 is 2.26 bits per heavy atom. The number of carbonyl (C=O) groups excluding carboxylic acids is 2. The molecule has 0 spiro atoms. The van der Waals surface area contributed by atoms with E-state index >= 15 is 0 Å². The molecule has 3 aromatic carbocycles. The number of benzene rings is 3. The van der Waals surface area contributed by atoms with Crippen molar-refractivity contribution in [3.63, 3.8) is 0 Å². The standard InChI is InChI=1S/C28H32N6O3.ClH/c1-19-7-12-24(30-28(36)22-6-3-5-21(18-22)26(29)32-37)25(17-19)31-27(35)20-8-10-23(11-9-20)34-14-4-13-33(2)15-16-34;/h3,5-12,17-18,37H,4,13-16H2,1-2H3,(H2,29,32)(H,30,36)(H,31,35);1H. The van der Waals surface area contributed by atoms with E-state index in [1.165, 1.54) is 6.07 Å². The molecule has 2 amide bonds. The number of nitrogens with two attached hydrogens (primary N) is 1. The minimum Gasteiger partial charge on any atom is -0.409 e. The van der Waals surface area contributed by atoms with Gasteiger partial charge in [0.1, 0.15) is 0 Å². The number of nitrogens with zero attached hydrogens (tertiary/aromatic N) is 3. The minimum atomic E-state index is -0.389. The maximum atomic E-state index is 13.1. The van der Waals surface area contributed by atoms with E-state index in [2.05, 4.69) is 32.6 Å². The fourth-order valence-electron chi connectivity index (χ4n) is 4.27. The third-order valence-corrected chi connectivity index (χ3v) is 6.41. The van der Waals surface area contributed by atoms with Crippen LogP contribution >= 0.6 is 12.4 Å². The van der Waals surface area contributed by atoms with Crippen molar-refractivity contribution in [1.29, 1.82) is 0 Å². The summed E-state index contributed by atoms with van der Waals surface area (Å²) in [5, 5.41) is 17.7. The molecule has 4 rings (SSSR count). The number of oxime groups is 1. The van der Waals surface area contributed by atoms with Gasteiger partial charge in [0.25, 0.3) is 11.8 Å². The first-order chi connectivity index (χ1) is 17.8. The number of likely N-dealkylation sites (N-methyl/N-ethyl adjacent to an activating group) is 1. The highest BCUT2D eigenvalue weighted by molar-refractivity contribution is 6.11. The molecule has 200 valence electrons. The summed E-state index contributed by atoms with van der Waals surface area (Å²) in [6.45, 7) is 5.95. The summed E-state index contributed by atoms with van der Waals surface area (Å²) in [5.41, 5.74) is 9.91. The molecule has 0 unspecified atom stereocenters. The van der Waals surface area contributed by atoms with Crippen LogP contribution in [0.1, 0.15) is 38.3 Å². The van der Waals surface area contributed by atoms with Gasteiger partial charge in [0.15, 0.2) is 5.84 Å². The van der Waals surface area contributed by atoms with Crippen LogP contribution in [0.3, 0.4) is 0 Å². The molecule has 1 heterocycles. The third kappa shape index (κ3) is 7.02. The van der Waals surface area contributed by atoms with Crippen molar-refractivity contribution in [1.82, 2.24) is 4.90 Å². The Morgan fingerprint density at radius 1 is 0.842 bits per heavy atom. The third-order valence-electron chi connectivity index (χ3n) is 6.41. The lowest BCUT2D eigenvalue weighted by atomic mass is 10.1. The molecule has 38 heavy (non-hydrogen) atoms. The van der Waals surface area contributed by atoms with Crippen LogP contribution in [0.5, 0.6) is 0 Å². The predicted octanol–water partition coefficient (Wildman–Crippen LogP) is 4.16. The van der Waals surface area contributed by atoms with Crippen LogP contribution in [0.25, 0.3) is 0 Å². The van der Waals surface area contributed by atoms with Crippen molar-refractivity contribution in [2.45, 2.75) is 13.3 Å². The summed E-state index contributed by atoms with van der Waals surface area (Å²) >= 11 is 0. The Bertz CT molecular complexity index is 1310. The highest BCUT2D eigenvalue weighted by Crippen LogP contribution is 2.25. The van der Waals surface area contributed by atoms with E-state index in [4.69, 9.17) is 10.9 Å². The van der Waals surface area contributed by atoms with Crippen LogP contribution < -0.4 is 21.3 Å². The molecule has 10 heteroatoms. The molecule has 9 nitrogen and oxygen atoms in total. The second kappa shape index (κ2) is 12.9. The van der Waals surface area contributed by atoms with Crippen LogP contribution in [0.4, 0.5) is 17.1 Å². The van der Waals surface area contributed by atoms with Crippen molar-refractivity contribution in [2.75, 3.05) is 48.8 Å². The fraction of sp³-hybridized carbons (Fsp3) is 0.250. The van der Waals surface area contributed by atoms with E-state index in [0.29, 0.717) is 28.1 Å². The maximum absolute atomic E-state index is 13.1. The summed E-state index contributed by atoms with van der Waals surface area (Å²) in [7, 11) is 2.14. The lowest BCUT2D eigenvalue weighted by Gasteiger charge is -2.23. The van der Waals surface area contributed by atoms with Crippen LogP contribution in [0.15, 0.2) is 71.9 Å². The lowest BCUT2D eigenvalue weighted by Crippen LogP contribution is -2.28. The average Bonchev–Trinajstić information content (AvgIpc) is 3.14. The van der Waals surface area contributed by atoms with Crippen molar-refractivity contribution >= 4 is 47.1 Å². The second-order valence-corrected chi connectivity index (χ2v) is 9.21. The molecular weight excluding hydrogens is 504 g/mol. The van der Waals surface area contributed by atoms with Gasteiger partial charge in [-0.1, -0.05) is 23.4 Å². The molecule has 0 aliphatic carbocycles. The van der Waals surface area contributed by atoms with E-state index in [0.717, 1.165) is 43.9 Å². The molecule has 1 saturated heterocycles. The van der Waals surface area contributed by atoms with Crippen molar-refractivity contribution in [3.8, 4) is 0 Å². The van der Waals surface area contributed by atoms with Crippen molar-refractivity contribution < 1.29 is 14.8 Å². The van der Waals surface area contributed by atoms with E-state index < -0.39 is 0 Å². The predicted molar refractivity (Wildman–Crippen MR) is 154 cm³/mol. The number of amides is 2. The van der Waals surface area contributed by atoms with Gasteiger partial charge in [-0.3, -0.25) is 9.59 Å². The molecule has 0 saturated carbocycles. The first-order valence-electron chi connectivity index (χ1n) is 12.2. The fourth-order valence-corrected chi connectivity index (χ4v) is 4.27. The van der Waals surface area contributed by atoms with Gasteiger partial charge in [-0.05, 0) is 81.0 Å². The number of carbonyl (C=O) groups is 2. The molecule has 0 aromatic heterocycles. The van der Waals surface area contributed by atoms with E-state index in [1.54, 1.807) is 24.3 Å². The molecule has 5 N–H and O–H groups in total. The summed E-state index contributed by atoms with van der Waals surface area (Å²) in [6.07, 6.45) is 1.10. The molecule has 3 aromatic rings. The van der Waals surface area contributed by atoms with E-state index in [-0.39, 0.29) is 30.1 Å². The van der Waals surface area contributed by atoms with Crippen LogP contribution in [-0.4, -0.2) is 61.0 Å². The zero-order chi connectivity index (χ0) is 26.4. The number of hydrogen-bond acceptors (Lipinski definition) is 6. The first-order valence-corrected chi connectivity index (χ1v) is 12.2. The summed E-state index contributed by atoms with van der Waals surface area (Å²) in [6, 6.07) is 19.5. The number of hydrogen-bond donors (Lipinski definition) is 4. The van der Waals surface area contributed by atoms with Crippen LogP contribution in [-0.2, 0) is 0 Å². The first kappa shape index (κ1) is 28.5. The molecule has 0 atom stereocenters. The van der Waals surface area contributed by atoms with E-state index in [9.17, 15) is 9.59 Å². The van der Waals surface area contributed by atoms with Gasteiger partial charge >= 0.3 is 0 Å². The number of anilines is 3. The van der Waals surface area contributed by atoms with Gasteiger partial charge in [0.05, 0.1) is 11.4 Å². The highest BCUT2D eigenvalue weighted by atomic mass is 35.5.